The maximum atomic E-state index is 10.8. The summed E-state index contributed by atoms with van der Waals surface area (Å²) in [6.45, 7) is 0. The molecule has 2 rings (SSSR count). The van der Waals surface area contributed by atoms with Gasteiger partial charge in [0, 0.05) is 6.04 Å². The standard InChI is InChI=1S/C8H11NO3/c10-5-8-3-1-6(2-4-8)9(8)7(11)12/h5-6H,1-4H2,(H,11,12). The molecule has 2 aliphatic rings. The van der Waals surface area contributed by atoms with Gasteiger partial charge in [-0.05, 0) is 25.7 Å². The maximum absolute atomic E-state index is 10.8. The molecule has 0 aliphatic carbocycles. The van der Waals surface area contributed by atoms with E-state index in [0.29, 0.717) is 12.8 Å². The van der Waals surface area contributed by atoms with Crippen LogP contribution in [0.1, 0.15) is 25.7 Å². The lowest BCUT2D eigenvalue weighted by Crippen LogP contribution is -2.45. The van der Waals surface area contributed by atoms with Gasteiger partial charge in [0.2, 0.25) is 0 Å². The van der Waals surface area contributed by atoms with Crippen molar-refractivity contribution in [3.05, 3.63) is 0 Å². The van der Waals surface area contributed by atoms with Gasteiger partial charge in [-0.1, -0.05) is 0 Å². The van der Waals surface area contributed by atoms with E-state index in [0.717, 1.165) is 19.1 Å². The predicted molar refractivity (Wildman–Crippen MR) is 40.9 cm³/mol. The van der Waals surface area contributed by atoms with Crippen LogP contribution in [-0.4, -0.2) is 34.0 Å². The lowest BCUT2D eigenvalue weighted by Gasteiger charge is -2.26. The molecule has 2 aliphatic heterocycles. The Morgan fingerprint density at radius 1 is 1.50 bits per heavy atom. The first-order valence-electron chi connectivity index (χ1n) is 4.18. The van der Waals surface area contributed by atoms with E-state index >= 15 is 0 Å². The maximum Gasteiger partial charge on any atom is 0.408 e. The number of carbonyl (C=O) groups is 2. The molecule has 0 unspecified atom stereocenters. The fourth-order valence-corrected chi connectivity index (χ4v) is 2.49. The molecule has 0 aromatic heterocycles. The number of carbonyl (C=O) groups excluding carboxylic acids is 1. The second-order valence-corrected chi connectivity index (χ2v) is 3.61. The van der Waals surface area contributed by atoms with Gasteiger partial charge in [-0.25, -0.2) is 4.79 Å². The van der Waals surface area contributed by atoms with E-state index in [1.165, 1.54) is 4.90 Å². The van der Waals surface area contributed by atoms with Crippen molar-refractivity contribution >= 4 is 12.4 Å². The Kier molecular flexibility index (Phi) is 1.40. The van der Waals surface area contributed by atoms with Crippen molar-refractivity contribution in [2.75, 3.05) is 0 Å². The van der Waals surface area contributed by atoms with E-state index in [-0.39, 0.29) is 6.04 Å². The Morgan fingerprint density at radius 2 is 2.08 bits per heavy atom. The monoisotopic (exact) mass is 169 g/mol. The number of fused-ring (bicyclic) bond motifs is 2. The second kappa shape index (κ2) is 2.21. The summed E-state index contributed by atoms with van der Waals surface area (Å²) in [7, 11) is 0. The second-order valence-electron chi connectivity index (χ2n) is 3.61. The number of carboxylic acid groups (broad SMARTS) is 1. The quantitative estimate of drug-likeness (QED) is 0.592. The molecule has 2 saturated heterocycles. The largest absolute Gasteiger partial charge is 0.465 e. The number of hydrogen-bond acceptors (Lipinski definition) is 2. The van der Waals surface area contributed by atoms with Crippen LogP contribution in [-0.2, 0) is 4.79 Å². The summed E-state index contributed by atoms with van der Waals surface area (Å²) in [4.78, 5) is 22.9. The van der Waals surface area contributed by atoms with Crippen molar-refractivity contribution in [2.45, 2.75) is 37.3 Å². The molecule has 0 aromatic carbocycles. The molecule has 2 fully saturated rings. The number of nitrogens with zero attached hydrogens (tertiary/aromatic N) is 1. The van der Waals surface area contributed by atoms with Crippen LogP contribution in [0.2, 0.25) is 0 Å². The van der Waals surface area contributed by atoms with Crippen LogP contribution < -0.4 is 0 Å². The van der Waals surface area contributed by atoms with Crippen LogP contribution in [0.15, 0.2) is 0 Å². The van der Waals surface area contributed by atoms with Crippen LogP contribution in [0, 0.1) is 0 Å². The zero-order valence-corrected chi connectivity index (χ0v) is 6.69. The third-order valence-corrected chi connectivity index (χ3v) is 3.09. The number of aldehydes is 1. The molecule has 66 valence electrons. The summed E-state index contributed by atoms with van der Waals surface area (Å²) in [6.07, 6.45) is 3.01. The van der Waals surface area contributed by atoms with E-state index in [9.17, 15) is 9.59 Å². The zero-order chi connectivity index (χ0) is 8.77. The molecule has 0 aromatic rings. The number of rotatable bonds is 1. The van der Waals surface area contributed by atoms with E-state index in [4.69, 9.17) is 5.11 Å². The normalized spacial score (nSPS) is 38.7. The summed E-state index contributed by atoms with van der Waals surface area (Å²) in [5.41, 5.74) is -0.656. The minimum absolute atomic E-state index is 0.104. The summed E-state index contributed by atoms with van der Waals surface area (Å²) in [5.74, 6) is 0. The first-order valence-corrected chi connectivity index (χ1v) is 4.18. The third-order valence-electron chi connectivity index (χ3n) is 3.09. The Labute approximate surface area is 70.2 Å². The number of hydrogen-bond donors (Lipinski definition) is 1. The summed E-state index contributed by atoms with van der Waals surface area (Å²) >= 11 is 0. The van der Waals surface area contributed by atoms with Crippen LogP contribution >= 0.6 is 0 Å². The highest BCUT2D eigenvalue weighted by atomic mass is 16.4. The molecule has 1 amide bonds. The van der Waals surface area contributed by atoms with Gasteiger partial charge in [0.1, 0.15) is 11.8 Å². The Bertz CT molecular complexity index is 230. The molecule has 4 heteroatoms. The number of amides is 1. The van der Waals surface area contributed by atoms with Crippen molar-refractivity contribution in [3.63, 3.8) is 0 Å². The Morgan fingerprint density at radius 3 is 2.42 bits per heavy atom. The average molecular weight is 169 g/mol. The summed E-state index contributed by atoms with van der Waals surface area (Å²) in [5, 5.41) is 8.86. The minimum atomic E-state index is -0.942. The SMILES string of the molecule is O=CC12CCC(CC1)N2C(=O)O. The van der Waals surface area contributed by atoms with Crippen molar-refractivity contribution < 1.29 is 14.7 Å². The minimum Gasteiger partial charge on any atom is -0.465 e. The predicted octanol–water partition coefficient (Wildman–Crippen LogP) is 0.860. The molecule has 4 nitrogen and oxygen atoms in total. The van der Waals surface area contributed by atoms with E-state index in [1.807, 2.05) is 0 Å². The smallest absolute Gasteiger partial charge is 0.408 e. The molecule has 0 radical (unpaired) electrons. The van der Waals surface area contributed by atoms with E-state index < -0.39 is 11.6 Å². The highest BCUT2D eigenvalue weighted by molar-refractivity contribution is 5.77. The fraction of sp³-hybridized carbons (Fsp3) is 0.750. The molecule has 0 atom stereocenters. The first-order chi connectivity index (χ1) is 5.69. The van der Waals surface area contributed by atoms with Gasteiger partial charge in [0.25, 0.3) is 0 Å². The molecular formula is C8H11NO3. The topological polar surface area (TPSA) is 57.6 Å². The molecule has 2 heterocycles. The Balaban J connectivity index is 2.33. The van der Waals surface area contributed by atoms with E-state index in [1.54, 1.807) is 0 Å². The van der Waals surface area contributed by atoms with Gasteiger partial charge in [-0.3, -0.25) is 4.90 Å². The van der Waals surface area contributed by atoms with E-state index in [2.05, 4.69) is 0 Å². The van der Waals surface area contributed by atoms with Gasteiger partial charge < -0.3 is 9.90 Å². The van der Waals surface area contributed by atoms with Crippen LogP contribution in [0.5, 0.6) is 0 Å². The molecular weight excluding hydrogens is 158 g/mol. The van der Waals surface area contributed by atoms with Crippen molar-refractivity contribution in [2.24, 2.45) is 0 Å². The highest BCUT2D eigenvalue weighted by Gasteiger charge is 2.54. The van der Waals surface area contributed by atoms with Crippen molar-refractivity contribution in [3.8, 4) is 0 Å². The van der Waals surface area contributed by atoms with Gasteiger partial charge in [0.05, 0.1) is 0 Å². The summed E-state index contributed by atoms with van der Waals surface area (Å²) < 4.78 is 0. The lowest BCUT2D eigenvalue weighted by atomic mass is 9.89. The molecule has 1 N–H and O–H groups in total. The van der Waals surface area contributed by atoms with Crippen molar-refractivity contribution in [1.29, 1.82) is 0 Å². The highest BCUT2D eigenvalue weighted by Crippen LogP contribution is 2.44. The molecule has 2 bridgehead atoms. The van der Waals surface area contributed by atoms with Gasteiger partial charge >= 0.3 is 6.09 Å². The molecule has 0 spiro atoms. The first kappa shape index (κ1) is 7.58. The van der Waals surface area contributed by atoms with Crippen LogP contribution in [0.3, 0.4) is 0 Å². The molecule has 0 saturated carbocycles. The van der Waals surface area contributed by atoms with Crippen molar-refractivity contribution in [1.82, 2.24) is 4.90 Å². The van der Waals surface area contributed by atoms with Crippen LogP contribution in [0.4, 0.5) is 4.79 Å². The average Bonchev–Trinajstić information content (AvgIpc) is 2.58. The van der Waals surface area contributed by atoms with Crippen LogP contribution in [0.25, 0.3) is 0 Å². The lowest BCUT2D eigenvalue weighted by molar-refractivity contribution is -0.115. The van der Waals surface area contributed by atoms with Gasteiger partial charge in [0.15, 0.2) is 0 Å². The van der Waals surface area contributed by atoms with Gasteiger partial charge in [-0.15, -0.1) is 0 Å². The van der Waals surface area contributed by atoms with Gasteiger partial charge in [-0.2, -0.15) is 0 Å². The Hall–Kier alpha value is -1.06. The fourth-order valence-electron chi connectivity index (χ4n) is 2.49. The zero-order valence-electron chi connectivity index (χ0n) is 6.69. The third kappa shape index (κ3) is 0.722. The summed E-state index contributed by atoms with van der Waals surface area (Å²) in [6, 6.07) is 0.104. The molecule has 12 heavy (non-hydrogen) atoms.